The van der Waals surface area contributed by atoms with Gasteiger partial charge in [0.15, 0.2) is 0 Å². The topological polar surface area (TPSA) is 58.2 Å². The van der Waals surface area contributed by atoms with E-state index >= 15 is 0 Å². The number of halogens is 2. The van der Waals surface area contributed by atoms with Crippen molar-refractivity contribution in [2.45, 2.75) is 0 Å². The fraction of sp³-hybridized carbons (Fsp3) is 0.429. The van der Waals surface area contributed by atoms with Crippen molar-refractivity contribution in [2.24, 2.45) is 0 Å². The lowest BCUT2D eigenvalue weighted by molar-refractivity contribution is -0.118. The third-order valence-corrected chi connectivity index (χ3v) is 2.04. The van der Waals surface area contributed by atoms with E-state index < -0.39 is 0 Å². The van der Waals surface area contributed by atoms with E-state index in [1.165, 1.54) is 6.20 Å². The number of carbonyl (C=O) groups excluding carboxylic acids is 2. The summed E-state index contributed by atoms with van der Waals surface area (Å²) < 4.78 is 0. The molecule has 0 saturated carbocycles. The Morgan fingerprint density at radius 2 is 1.77 bits per heavy atom. The quantitative estimate of drug-likeness (QED) is 0.727. The van der Waals surface area contributed by atoms with E-state index in [2.05, 4.69) is 42.5 Å². The summed E-state index contributed by atoms with van der Waals surface area (Å²) in [4.78, 5) is 21.3. The molecule has 0 aromatic carbocycles. The van der Waals surface area contributed by atoms with Crippen molar-refractivity contribution >= 4 is 43.7 Å². The Morgan fingerprint density at radius 1 is 1.15 bits per heavy atom. The molecule has 0 aliphatic heterocycles. The van der Waals surface area contributed by atoms with Gasteiger partial charge in [0.25, 0.3) is 0 Å². The van der Waals surface area contributed by atoms with Crippen LogP contribution in [0, 0.1) is 0 Å². The van der Waals surface area contributed by atoms with Gasteiger partial charge >= 0.3 is 0 Å². The molecule has 4 nitrogen and oxygen atoms in total. The van der Waals surface area contributed by atoms with E-state index in [-0.39, 0.29) is 22.5 Å². The van der Waals surface area contributed by atoms with Crippen LogP contribution < -0.4 is 10.6 Å². The fourth-order valence-electron chi connectivity index (χ4n) is 0.469. The van der Waals surface area contributed by atoms with Gasteiger partial charge in [-0.2, -0.15) is 0 Å². The van der Waals surface area contributed by atoms with E-state index in [4.69, 9.17) is 0 Å². The van der Waals surface area contributed by atoms with Gasteiger partial charge in [-0.05, 0) is 6.08 Å². The average Bonchev–Trinajstić information content (AvgIpc) is 2.16. The fourth-order valence-corrected chi connectivity index (χ4v) is 0.829. The highest BCUT2D eigenvalue weighted by Crippen LogP contribution is 1.79. The van der Waals surface area contributed by atoms with Gasteiger partial charge in [0, 0.05) is 12.7 Å². The summed E-state index contributed by atoms with van der Waals surface area (Å²) in [5, 5.41) is 5.64. The molecule has 0 fully saturated rings. The predicted molar refractivity (Wildman–Crippen MR) is 57.9 cm³/mol. The molecule has 74 valence electrons. The molecule has 2 N–H and O–H groups in total. The SMILES string of the molecule is O=C(CBr)NC=CCNC(=O)CBr. The summed E-state index contributed by atoms with van der Waals surface area (Å²) in [7, 11) is 0. The van der Waals surface area contributed by atoms with Gasteiger partial charge in [-0.3, -0.25) is 9.59 Å². The first kappa shape index (κ1) is 12.6. The van der Waals surface area contributed by atoms with Crippen molar-refractivity contribution in [3.63, 3.8) is 0 Å². The Hall–Kier alpha value is -0.360. The second-order valence-corrected chi connectivity index (χ2v) is 3.16. The second kappa shape index (κ2) is 8.25. The highest BCUT2D eigenvalue weighted by molar-refractivity contribution is 9.09. The van der Waals surface area contributed by atoms with Crippen molar-refractivity contribution in [1.29, 1.82) is 0 Å². The lowest BCUT2D eigenvalue weighted by atomic mass is 10.5. The number of rotatable bonds is 5. The molecule has 0 unspecified atom stereocenters. The minimum absolute atomic E-state index is 0.0866. The molecular formula is C7H10Br2N2O2. The maximum atomic E-state index is 10.7. The molecule has 2 amide bonds. The van der Waals surface area contributed by atoms with Gasteiger partial charge in [0.2, 0.25) is 11.8 Å². The number of nitrogens with one attached hydrogen (secondary N) is 2. The van der Waals surface area contributed by atoms with Crippen molar-refractivity contribution < 1.29 is 9.59 Å². The van der Waals surface area contributed by atoms with Crippen LogP contribution in [-0.2, 0) is 9.59 Å². The molecule has 0 aliphatic rings. The maximum Gasteiger partial charge on any atom is 0.234 e. The molecule has 0 saturated heterocycles. The summed E-state index contributed by atoms with van der Waals surface area (Å²) in [6, 6.07) is 0. The van der Waals surface area contributed by atoms with E-state index in [9.17, 15) is 9.59 Å². The Balaban J connectivity index is 3.42. The molecule has 0 aliphatic carbocycles. The molecule has 0 rings (SSSR count). The Morgan fingerprint density at radius 3 is 2.31 bits per heavy atom. The summed E-state index contributed by atoms with van der Waals surface area (Å²) in [6.07, 6.45) is 3.15. The molecule has 0 radical (unpaired) electrons. The monoisotopic (exact) mass is 312 g/mol. The van der Waals surface area contributed by atoms with Crippen LogP contribution in [0.4, 0.5) is 0 Å². The molecule has 0 aromatic heterocycles. The van der Waals surface area contributed by atoms with Crippen LogP contribution in [0.3, 0.4) is 0 Å². The van der Waals surface area contributed by atoms with Crippen molar-refractivity contribution in [3.05, 3.63) is 12.3 Å². The minimum atomic E-state index is -0.122. The third-order valence-electron chi connectivity index (χ3n) is 1.02. The zero-order chi connectivity index (χ0) is 10.1. The molecular weight excluding hydrogens is 304 g/mol. The summed E-state index contributed by atoms with van der Waals surface area (Å²) >= 11 is 6.00. The number of hydrogen-bond donors (Lipinski definition) is 2. The molecule has 0 spiro atoms. The van der Waals surface area contributed by atoms with Crippen molar-refractivity contribution in [3.8, 4) is 0 Å². The summed E-state index contributed by atoms with van der Waals surface area (Å²) in [6.45, 7) is 0.410. The Kier molecular flexibility index (Phi) is 8.02. The summed E-state index contributed by atoms with van der Waals surface area (Å²) in [5.41, 5.74) is 0. The van der Waals surface area contributed by atoms with Gasteiger partial charge in [-0.1, -0.05) is 31.9 Å². The Bertz CT molecular complexity index is 207. The van der Waals surface area contributed by atoms with E-state index in [0.29, 0.717) is 6.54 Å². The van der Waals surface area contributed by atoms with Crippen molar-refractivity contribution in [2.75, 3.05) is 17.2 Å². The molecule has 0 bridgehead atoms. The lowest BCUT2D eigenvalue weighted by Crippen LogP contribution is -2.25. The maximum absolute atomic E-state index is 10.7. The minimum Gasteiger partial charge on any atom is -0.352 e. The number of hydrogen-bond acceptors (Lipinski definition) is 2. The molecule has 0 aromatic rings. The van der Waals surface area contributed by atoms with Gasteiger partial charge < -0.3 is 10.6 Å². The first-order chi connectivity index (χ1) is 6.20. The predicted octanol–water partition coefficient (Wildman–Crippen LogP) is 0.522. The van der Waals surface area contributed by atoms with Crippen LogP contribution in [0.1, 0.15) is 0 Å². The van der Waals surface area contributed by atoms with Crippen LogP contribution in [0.5, 0.6) is 0 Å². The molecule has 0 atom stereocenters. The molecule has 6 heteroatoms. The largest absolute Gasteiger partial charge is 0.352 e. The van der Waals surface area contributed by atoms with Crippen LogP contribution >= 0.6 is 31.9 Å². The number of alkyl halides is 2. The average molecular weight is 314 g/mol. The Labute approximate surface area is 93.4 Å². The first-order valence-corrected chi connectivity index (χ1v) is 5.78. The van der Waals surface area contributed by atoms with Crippen LogP contribution in [-0.4, -0.2) is 29.0 Å². The van der Waals surface area contributed by atoms with E-state index in [0.717, 1.165) is 0 Å². The third kappa shape index (κ3) is 7.98. The smallest absolute Gasteiger partial charge is 0.234 e. The van der Waals surface area contributed by atoms with E-state index in [1.54, 1.807) is 6.08 Å². The summed E-state index contributed by atoms with van der Waals surface area (Å²) in [5.74, 6) is -0.209. The zero-order valence-corrected chi connectivity index (χ0v) is 10.0. The molecule has 0 heterocycles. The van der Waals surface area contributed by atoms with Gasteiger partial charge in [-0.15, -0.1) is 0 Å². The molecule has 13 heavy (non-hydrogen) atoms. The highest BCUT2D eigenvalue weighted by Gasteiger charge is 1.93. The van der Waals surface area contributed by atoms with Crippen LogP contribution in [0.2, 0.25) is 0 Å². The lowest BCUT2D eigenvalue weighted by Gasteiger charge is -1.97. The first-order valence-electron chi connectivity index (χ1n) is 3.53. The van der Waals surface area contributed by atoms with Gasteiger partial charge in [0.05, 0.1) is 10.7 Å². The number of amides is 2. The zero-order valence-electron chi connectivity index (χ0n) is 6.85. The van der Waals surface area contributed by atoms with Crippen LogP contribution in [0.15, 0.2) is 12.3 Å². The van der Waals surface area contributed by atoms with Gasteiger partial charge in [-0.25, -0.2) is 0 Å². The normalized spacial score (nSPS) is 10.0. The standard InChI is InChI=1S/C7H10Br2N2O2/c8-4-6(12)10-2-1-3-11-7(13)5-9/h1-2H,3-5H2,(H,10,12)(H,11,13). The van der Waals surface area contributed by atoms with E-state index in [1.807, 2.05) is 0 Å². The van der Waals surface area contributed by atoms with Gasteiger partial charge in [0.1, 0.15) is 0 Å². The van der Waals surface area contributed by atoms with Crippen molar-refractivity contribution in [1.82, 2.24) is 10.6 Å². The highest BCUT2D eigenvalue weighted by atomic mass is 79.9. The number of carbonyl (C=O) groups is 2. The van der Waals surface area contributed by atoms with Crippen LogP contribution in [0.25, 0.3) is 0 Å². The second-order valence-electron chi connectivity index (χ2n) is 2.04.